The van der Waals surface area contributed by atoms with E-state index in [-0.39, 0.29) is 30.6 Å². The predicted octanol–water partition coefficient (Wildman–Crippen LogP) is 2.31. The van der Waals surface area contributed by atoms with Crippen molar-refractivity contribution in [2.24, 2.45) is 5.41 Å². The molecule has 1 aromatic carbocycles. The Morgan fingerprint density at radius 1 is 1.22 bits per heavy atom. The molecule has 0 bridgehead atoms. The first kappa shape index (κ1) is 21.7. The molecule has 9 nitrogen and oxygen atoms in total. The van der Waals surface area contributed by atoms with Gasteiger partial charge in [-0.25, -0.2) is 4.39 Å². The van der Waals surface area contributed by atoms with E-state index in [0.717, 1.165) is 5.56 Å². The molecule has 1 atom stereocenters. The maximum Gasteiger partial charge on any atom is 0.228 e. The largest absolute Gasteiger partial charge is 0.361 e. The molecule has 3 heterocycles. The zero-order valence-corrected chi connectivity index (χ0v) is 17.9. The maximum absolute atomic E-state index is 13.2. The summed E-state index contributed by atoms with van der Waals surface area (Å²) in [5, 5.41) is 10.5. The minimum absolute atomic E-state index is 0.0730. The highest BCUT2D eigenvalue weighted by Crippen LogP contribution is 2.36. The molecule has 1 aliphatic rings. The fraction of sp³-hybridized carbons (Fsp3) is 0.409. The van der Waals surface area contributed by atoms with E-state index in [1.54, 1.807) is 37.1 Å². The molecule has 0 aliphatic carbocycles. The van der Waals surface area contributed by atoms with Gasteiger partial charge in [-0.05, 0) is 37.6 Å². The first-order chi connectivity index (χ1) is 15.4. The summed E-state index contributed by atoms with van der Waals surface area (Å²) in [6.07, 6.45) is 1.38. The van der Waals surface area contributed by atoms with Crippen molar-refractivity contribution in [1.29, 1.82) is 0 Å². The molecule has 2 aromatic heterocycles. The van der Waals surface area contributed by atoms with Crippen molar-refractivity contribution in [1.82, 2.24) is 25.5 Å². The standard InChI is InChI=1S/C22H24FN5O4/c1-14-25-19(32-26-14)7-8-20(29)28-10-9-22(13-28,21(30)24-2)12-17-11-18(27-31-17)15-3-5-16(23)6-4-15/h3-6,11H,7-10,12-13H2,1-2H3,(H,24,30)/t22-/m1/s1. The van der Waals surface area contributed by atoms with Gasteiger partial charge in [0, 0.05) is 51.0 Å². The number of rotatable bonds is 7. The van der Waals surface area contributed by atoms with Gasteiger partial charge in [-0.1, -0.05) is 10.3 Å². The number of amides is 2. The maximum atomic E-state index is 13.2. The van der Waals surface area contributed by atoms with Crippen molar-refractivity contribution in [3.63, 3.8) is 0 Å². The molecule has 32 heavy (non-hydrogen) atoms. The molecule has 2 amide bonds. The summed E-state index contributed by atoms with van der Waals surface area (Å²) in [4.78, 5) is 31.4. The Balaban J connectivity index is 1.44. The number of benzene rings is 1. The average molecular weight is 441 g/mol. The number of nitrogens with zero attached hydrogens (tertiary/aromatic N) is 4. The molecule has 1 aliphatic heterocycles. The number of aromatic nitrogens is 3. The minimum atomic E-state index is -0.814. The first-order valence-electron chi connectivity index (χ1n) is 10.4. The van der Waals surface area contributed by atoms with Crippen LogP contribution in [-0.2, 0) is 22.4 Å². The van der Waals surface area contributed by atoms with E-state index in [1.807, 2.05) is 0 Å². The number of hydrogen-bond donors (Lipinski definition) is 1. The fourth-order valence-corrected chi connectivity index (χ4v) is 4.06. The number of likely N-dealkylation sites (tertiary alicyclic amines) is 1. The van der Waals surface area contributed by atoms with Crippen molar-refractivity contribution in [2.45, 2.75) is 32.6 Å². The van der Waals surface area contributed by atoms with Gasteiger partial charge in [0.15, 0.2) is 5.82 Å². The second-order valence-electron chi connectivity index (χ2n) is 8.02. The van der Waals surface area contributed by atoms with Crippen LogP contribution in [0.5, 0.6) is 0 Å². The van der Waals surface area contributed by atoms with Crippen LogP contribution in [0.4, 0.5) is 4.39 Å². The van der Waals surface area contributed by atoms with Gasteiger partial charge < -0.3 is 19.3 Å². The zero-order chi connectivity index (χ0) is 22.7. The molecule has 0 spiro atoms. The van der Waals surface area contributed by atoms with E-state index < -0.39 is 5.41 Å². The first-order valence-corrected chi connectivity index (χ1v) is 10.4. The van der Waals surface area contributed by atoms with E-state index in [4.69, 9.17) is 9.05 Å². The van der Waals surface area contributed by atoms with Crippen LogP contribution < -0.4 is 5.32 Å². The molecule has 10 heteroatoms. The molecule has 3 aromatic rings. The van der Waals surface area contributed by atoms with E-state index >= 15 is 0 Å². The summed E-state index contributed by atoms with van der Waals surface area (Å²) < 4.78 is 23.7. The normalized spacial score (nSPS) is 18.2. The number of nitrogens with one attached hydrogen (secondary N) is 1. The summed E-state index contributed by atoms with van der Waals surface area (Å²) in [5.74, 6) is 0.919. The van der Waals surface area contributed by atoms with Gasteiger partial charge in [-0.3, -0.25) is 9.59 Å². The van der Waals surface area contributed by atoms with Crippen LogP contribution in [0, 0.1) is 18.2 Å². The van der Waals surface area contributed by atoms with Gasteiger partial charge in [0.05, 0.1) is 5.41 Å². The number of hydrogen-bond acceptors (Lipinski definition) is 7. The monoisotopic (exact) mass is 441 g/mol. The van der Waals surface area contributed by atoms with Crippen LogP contribution >= 0.6 is 0 Å². The van der Waals surface area contributed by atoms with Crippen LogP contribution in [0.25, 0.3) is 11.3 Å². The quantitative estimate of drug-likeness (QED) is 0.598. The van der Waals surface area contributed by atoms with Gasteiger partial charge in [-0.15, -0.1) is 0 Å². The Morgan fingerprint density at radius 3 is 2.69 bits per heavy atom. The second kappa shape index (κ2) is 8.89. The summed E-state index contributed by atoms with van der Waals surface area (Å²) in [6.45, 7) is 2.47. The van der Waals surface area contributed by atoms with E-state index in [1.165, 1.54) is 12.1 Å². The van der Waals surface area contributed by atoms with Crippen molar-refractivity contribution in [3.05, 3.63) is 53.6 Å². The van der Waals surface area contributed by atoms with E-state index in [2.05, 4.69) is 20.6 Å². The molecular weight excluding hydrogens is 417 g/mol. The van der Waals surface area contributed by atoms with Crippen LogP contribution in [0.15, 0.2) is 39.4 Å². The molecule has 0 unspecified atom stereocenters. The molecule has 1 saturated heterocycles. The number of carbonyl (C=O) groups excluding carboxylic acids is 2. The van der Waals surface area contributed by atoms with Crippen LogP contribution in [0.3, 0.4) is 0 Å². The van der Waals surface area contributed by atoms with E-state index in [9.17, 15) is 14.0 Å². The smallest absolute Gasteiger partial charge is 0.228 e. The van der Waals surface area contributed by atoms with Crippen LogP contribution in [-0.4, -0.2) is 52.1 Å². The van der Waals surface area contributed by atoms with Gasteiger partial charge in [0.2, 0.25) is 17.7 Å². The van der Waals surface area contributed by atoms with Gasteiger partial charge in [0.1, 0.15) is 17.3 Å². The van der Waals surface area contributed by atoms with Crippen molar-refractivity contribution >= 4 is 11.8 Å². The number of halogens is 1. The lowest BCUT2D eigenvalue weighted by atomic mass is 9.81. The SMILES string of the molecule is CNC(=O)[C@@]1(Cc2cc(-c3ccc(F)cc3)no2)CCN(C(=O)CCc2nc(C)no2)C1. The molecule has 0 saturated carbocycles. The minimum Gasteiger partial charge on any atom is -0.361 e. The highest BCUT2D eigenvalue weighted by Gasteiger charge is 2.46. The lowest BCUT2D eigenvalue weighted by molar-refractivity contribution is -0.133. The predicted molar refractivity (Wildman–Crippen MR) is 111 cm³/mol. The summed E-state index contributed by atoms with van der Waals surface area (Å²) in [5.41, 5.74) is 0.466. The third-order valence-corrected chi connectivity index (χ3v) is 5.75. The Labute approximate surface area is 184 Å². The second-order valence-corrected chi connectivity index (χ2v) is 8.02. The molecule has 4 rings (SSSR count). The lowest BCUT2D eigenvalue weighted by Crippen LogP contribution is -2.44. The van der Waals surface area contributed by atoms with E-state index in [0.29, 0.717) is 49.0 Å². The van der Waals surface area contributed by atoms with Crippen LogP contribution in [0.1, 0.15) is 30.3 Å². The third-order valence-electron chi connectivity index (χ3n) is 5.75. The highest BCUT2D eigenvalue weighted by molar-refractivity contribution is 5.85. The number of aryl methyl sites for hydroxylation is 2. The molecule has 1 N–H and O–H groups in total. The van der Waals surface area contributed by atoms with Gasteiger partial charge in [0.25, 0.3) is 0 Å². The zero-order valence-electron chi connectivity index (χ0n) is 17.9. The van der Waals surface area contributed by atoms with Gasteiger partial charge >= 0.3 is 0 Å². The van der Waals surface area contributed by atoms with Crippen LogP contribution in [0.2, 0.25) is 0 Å². The lowest BCUT2D eigenvalue weighted by Gasteiger charge is -2.26. The summed E-state index contributed by atoms with van der Waals surface area (Å²) in [7, 11) is 1.58. The Kier molecular flexibility index (Phi) is 6.02. The molecule has 168 valence electrons. The topological polar surface area (TPSA) is 114 Å². The highest BCUT2D eigenvalue weighted by atomic mass is 19.1. The Hall–Kier alpha value is -3.56. The van der Waals surface area contributed by atoms with Gasteiger partial charge in [-0.2, -0.15) is 4.98 Å². The summed E-state index contributed by atoms with van der Waals surface area (Å²) >= 11 is 0. The molecular formula is C22H24FN5O4. The third kappa shape index (κ3) is 4.53. The average Bonchev–Trinajstić information content (AvgIpc) is 3.53. The Bertz CT molecular complexity index is 1110. The van der Waals surface area contributed by atoms with Crippen molar-refractivity contribution in [2.75, 3.05) is 20.1 Å². The fourth-order valence-electron chi connectivity index (χ4n) is 4.06. The molecule has 1 fully saturated rings. The number of carbonyl (C=O) groups is 2. The summed E-state index contributed by atoms with van der Waals surface area (Å²) in [6, 6.07) is 7.69. The Morgan fingerprint density at radius 2 is 2.00 bits per heavy atom. The van der Waals surface area contributed by atoms with Crippen molar-refractivity contribution < 1.29 is 23.0 Å². The molecule has 0 radical (unpaired) electrons. The van der Waals surface area contributed by atoms with Crippen molar-refractivity contribution in [3.8, 4) is 11.3 Å².